The van der Waals surface area contributed by atoms with E-state index in [-0.39, 0.29) is 0 Å². The van der Waals surface area contributed by atoms with Gasteiger partial charge in [0.1, 0.15) is 0 Å². The molecule has 1 aromatic heterocycles. The fourth-order valence-electron chi connectivity index (χ4n) is 2.24. The summed E-state index contributed by atoms with van der Waals surface area (Å²) in [6, 6.07) is 2.04. The lowest BCUT2D eigenvalue weighted by molar-refractivity contribution is 0.557. The van der Waals surface area contributed by atoms with Crippen molar-refractivity contribution in [2.24, 2.45) is 17.1 Å². The van der Waals surface area contributed by atoms with Gasteiger partial charge in [-0.15, -0.1) is 0 Å². The highest BCUT2D eigenvalue weighted by Gasteiger charge is 2.57. The van der Waals surface area contributed by atoms with Crippen LogP contribution in [0.3, 0.4) is 0 Å². The van der Waals surface area contributed by atoms with E-state index in [1.54, 1.807) is 6.20 Å². The molecular formula is C9H15N3. The van der Waals surface area contributed by atoms with Crippen LogP contribution in [-0.4, -0.2) is 16.7 Å². The molecule has 0 aromatic carbocycles. The predicted molar refractivity (Wildman–Crippen MR) is 47.7 cm³/mol. The number of nitrogens with two attached hydrogens (primary N) is 1. The Morgan fingerprint density at radius 2 is 2.42 bits per heavy atom. The van der Waals surface area contributed by atoms with Crippen LogP contribution in [0.4, 0.5) is 0 Å². The lowest BCUT2D eigenvalue weighted by atomic mass is 10.1. The number of aromatic nitrogens is 2. The molecule has 0 spiro atoms. The van der Waals surface area contributed by atoms with Crippen LogP contribution in [0.5, 0.6) is 0 Å². The molecule has 0 saturated heterocycles. The second-order valence-electron chi connectivity index (χ2n) is 4.15. The molecule has 1 aliphatic rings. The van der Waals surface area contributed by atoms with E-state index in [1.807, 2.05) is 6.07 Å². The van der Waals surface area contributed by atoms with Crippen LogP contribution >= 0.6 is 0 Å². The van der Waals surface area contributed by atoms with E-state index < -0.39 is 0 Å². The fourth-order valence-corrected chi connectivity index (χ4v) is 2.24. The maximum atomic E-state index is 5.67. The Hall–Kier alpha value is -0.830. The van der Waals surface area contributed by atoms with Crippen molar-refractivity contribution in [3.8, 4) is 0 Å². The molecule has 2 atom stereocenters. The number of nitrogens with zero attached hydrogens (tertiary/aromatic N) is 1. The van der Waals surface area contributed by atoms with Gasteiger partial charge in [-0.05, 0) is 23.9 Å². The molecule has 1 aliphatic carbocycles. The minimum atomic E-state index is 0.362. The van der Waals surface area contributed by atoms with Crippen LogP contribution in [0.25, 0.3) is 0 Å². The maximum absolute atomic E-state index is 5.67. The van der Waals surface area contributed by atoms with E-state index >= 15 is 0 Å². The van der Waals surface area contributed by atoms with Crippen molar-refractivity contribution in [2.45, 2.75) is 19.8 Å². The van der Waals surface area contributed by atoms with Crippen molar-refractivity contribution in [2.75, 3.05) is 6.54 Å². The minimum Gasteiger partial charge on any atom is -0.330 e. The second kappa shape index (κ2) is 2.33. The van der Waals surface area contributed by atoms with Crippen LogP contribution < -0.4 is 5.73 Å². The summed E-state index contributed by atoms with van der Waals surface area (Å²) >= 11 is 0. The molecule has 66 valence electrons. The summed E-state index contributed by atoms with van der Waals surface area (Å²) in [5, 5.41) is 6.97. The summed E-state index contributed by atoms with van der Waals surface area (Å²) in [5.74, 6) is 1.21. The Morgan fingerprint density at radius 3 is 2.83 bits per heavy atom. The van der Waals surface area contributed by atoms with Crippen LogP contribution in [0.1, 0.15) is 25.5 Å². The number of hydrogen-bond donors (Lipinski definition) is 2. The van der Waals surface area contributed by atoms with Crippen molar-refractivity contribution in [1.29, 1.82) is 0 Å². The Kier molecular flexibility index (Phi) is 1.51. The molecule has 12 heavy (non-hydrogen) atoms. The number of aromatic amines is 1. The molecule has 0 amide bonds. The summed E-state index contributed by atoms with van der Waals surface area (Å²) in [4.78, 5) is 0. The predicted octanol–water partition coefficient (Wildman–Crippen LogP) is 1.11. The van der Waals surface area contributed by atoms with Gasteiger partial charge in [0.05, 0.1) is 0 Å². The van der Waals surface area contributed by atoms with Gasteiger partial charge in [-0.3, -0.25) is 5.10 Å². The molecule has 3 nitrogen and oxygen atoms in total. The number of rotatable bonds is 2. The van der Waals surface area contributed by atoms with Gasteiger partial charge in [0, 0.05) is 17.8 Å². The van der Waals surface area contributed by atoms with Gasteiger partial charge < -0.3 is 5.73 Å². The zero-order valence-corrected chi connectivity index (χ0v) is 7.54. The Balaban J connectivity index is 2.19. The number of nitrogens with one attached hydrogen (secondary N) is 1. The van der Waals surface area contributed by atoms with Crippen molar-refractivity contribution < 1.29 is 0 Å². The lowest BCUT2D eigenvalue weighted by Crippen LogP contribution is -2.05. The second-order valence-corrected chi connectivity index (χ2v) is 4.15. The smallest absolute Gasteiger partial charge is 0.0490 e. The first-order chi connectivity index (χ1) is 5.68. The Bertz CT molecular complexity index is 263. The van der Waals surface area contributed by atoms with Crippen molar-refractivity contribution in [3.05, 3.63) is 18.0 Å². The monoisotopic (exact) mass is 165 g/mol. The van der Waals surface area contributed by atoms with E-state index in [0.717, 1.165) is 6.54 Å². The molecule has 2 rings (SSSR count). The van der Waals surface area contributed by atoms with Gasteiger partial charge in [-0.25, -0.2) is 0 Å². The first kappa shape index (κ1) is 7.80. The van der Waals surface area contributed by atoms with Gasteiger partial charge in [-0.2, -0.15) is 5.10 Å². The molecule has 0 bridgehead atoms. The average Bonchev–Trinajstić information content (AvgIpc) is 2.50. The van der Waals surface area contributed by atoms with Gasteiger partial charge >= 0.3 is 0 Å². The Labute approximate surface area is 72.4 Å². The van der Waals surface area contributed by atoms with E-state index in [9.17, 15) is 0 Å². The van der Waals surface area contributed by atoms with Crippen molar-refractivity contribution in [1.82, 2.24) is 10.2 Å². The van der Waals surface area contributed by atoms with Crippen molar-refractivity contribution in [3.63, 3.8) is 0 Å². The zero-order valence-electron chi connectivity index (χ0n) is 7.54. The van der Waals surface area contributed by atoms with E-state index in [4.69, 9.17) is 5.73 Å². The quantitative estimate of drug-likeness (QED) is 0.689. The van der Waals surface area contributed by atoms with E-state index in [1.165, 1.54) is 5.69 Å². The third-order valence-electron chi connectivity index (χ3n) is 3.16. The highest BCUT2D eigenvalue weighted by molar-refractivity contribution is 5.24. The fraction of sp³-hybridized carbons (Fsp3) is 0.667. The highest BCUT2D eigenvalue weighted by Crippen LogP contribution is 2.63. The topological polar surface area (TPSA) is 54.7 Å². The standard InChI is InChI=1S/C9H15N3/c1-9(2)6(5-10)8(9)7-3-4-11-12-7/h3-4,6,8H,5,10H2,1-2H3,(H,11,12)/t6-,8+/m0/s1. The van der Waals surface area contributed by atoms with E-state index in [0.29, 0.717) is 17.3 Å². The number of hydrogen-bond acceptors (Lipinski definition) is 2. The molecule has 3 heteroatoms. The van der Waals surface area contributed by atoms with Crippen molar-refractivity contribution >= 4 is 0 Å². The van der Waals surface area contributed by atoms with Crippen LogP contribution in [0, 0.1) is 11.3 Å². The molecule has 1 aromatic rings. The van der Waals surface area contributed by atoms with Crippen LogP contribution in [0.15, 0.2) is 12.3 Å². The summed E-state index contributed by atoms with van der Waals surface area (Å²) in [5.41, 5.74) is 7.27. The first-order valence-electron chi connectivity index (χ1n) is 4.37. The zero-order chi connectivity index (χ0) is 8.77. The van der Waals surface area contributed by atoms with Crippen LogP contribution in [0.2, 0.25) is 0 Å². The maximum Gasteiger partial charge on any atom is 0.0490 e. The SMILES string of the molecule is CC1(C)[C@@H](CN)[C@@H]1c1ccn[nH]1. The summed E-state index contributed by atoms with van der Waals surface area (Å²) in [6.07, 6.45) is 1.80. The molecule has 1 fully saturated rings. The Morgan fingerprint density at radius 1 is 1.67 bits per heavy atom. The third-order valence-corrected chi connectivity index (χ3v) is 3.16. The average molecular weight is 165 g/mol. The lowest BCUT2D eigenvalue weighted by Gasteiger charge is -1.98. The summed E-state index contributed by atoms with van der Waals surface area (Å²) in [6.45, 7) is 5.29. The molecular weight excluding hydrogens is 150 g/mol. The third kappa shape index (κ3) is 0.894. The van der Waals surface area contributed by atoms with Crippen LogP contribution in [-0.2, 0) is 0 Å². The molecule has 0 aliphatic heterocycles. The molecule has 1 heterocycles. The normalized spacial score (nSPS) is 31.9. The van der Waals surface area contributed by atoms with Gasteiger partial charge in [-0.1, -0.05) is 13.8 Å². The van der Waals surface area contributed by atoms with Gasteiger partial charge in [0.15, 0.2) is 0 Å². The summed E-state index contributed by atoms with van der Waals surface area (Å²) < 4.78 is 0. The molecule has 3 N–H and O–H groups in total. The first-order valence-corrected chi connectivity index (χ1v) is 4.37. The number of H-pyrrole nitrogens is 1. The minimum absolute atomic E-state index is 0.362. The van der Waals surface area contributed by atoms with Gasteiger partial charge in [0.2, 0.25) is 0 Å². The molecule has 0 unspecified atom stereocenters. The highest BCUT2D eigenvalue weighted by atomic mass is 15.1. The molecule has 0 radical (unpaired) electrons. The largest absolute Gasteiger partial charge is 0.330 e. The molecule has 1 saturated carbocycles. The summed E-state index contributed by atoms with van der Waals surface area (Å²) in [7, 11) is 0. The van der Waals surface area contributed by atoms with E-state index in [2.05, 4.69) is 24.0 Å². The van der Waals surface area contributed by atoms with Gasteiger partial charge in [0.25, 0.3) is 0 Å².